The Bertz CT molecular complexity index is 769. The molecule has 6 heteroatoms. The third-order valence-electron chi connectivity index (χ3n) is 4.10. The van der Waals surface area contributed by atoms with Crippen LogP contribution in [0, 0.1) is 5.92 Å². The van der Waals surface area contributed by atoms with Gasteiger partial charge in [0.25, 0.3) is 0 Å². The zero-order chi connectivity index (χ0) is 20.2. The number of furan rings is 1. The van der Waals surface area contributed by atoms with E-state index in [4.69, 9.17) is 9.15 Å². The van der Waals surface area contributed by atoms with Crippen molar-refractivity contribution in [1.82, 2.24) is 0 Å². The number of aliphatic hydroxyl groups is 1. The van der Waals surface area contributed by atoms with Gasteiger partial charge in [0.05, 0.1) is 17.4 Å². The summed E-state index contributed by atoms with van der Waals surface area (Å²) in [6, 6.07) is 5.82. The summed E-state index contributed by atoms with van der Waals surface area (Å²) in [7, 11) is 0. The quantitative estimate of drug-likeness (QED) is 0.462. The second kappa shape index (κ2) is 8.48. The number of carbonyl (C=O) groups excluding carboxylic acids is 1. The maximum atomic E-state index is 12.1. The lowest BCUT2D eigenvalue weighted by molar-refractivity contribution is -0.151. The highest BCUT2D eigenvalue weighted by Crippen LogP contribution is 2.36. The summed E-state index contributed by atoms with van der Waals surface area (Å²) in [5.74, 6) is 0.193. The van der Waals surface area contributed by atoms with Gasteiger partial charge in [-0.25, -0.2) is 0 Å². The lowest BCUT2D eigenvalue weighted by Gasteiger charge is -2.22. The summed E-state index contributed by atoms with van der Waals surface area (Å²) in [4.78, 5) is 12.1. The average Bonchev–Trinajstić information content (AvgIpc) is 3.01. The number of hydrogen-bond acceptors (Lipinski definition) is 6. The predicted octanol–water partition coefficient (Wildman–Crippen LogP) is 4.54. The zero-order valence-electron chi connectivity index (χ0n) is 16.2. The third-order valence-corrected chi connectivity index (χ3v) is 4.10. The van der Waals surface area contributed by atoms with Gasteiger partial charge in [0, 0.05) is 12.0 Å². The zero-order valence-corrected chi connectivity index (χ0v) is 16.2. The minimum Gasteiger partial charge on any atom is -0.508 e. The molecule has 1 aromatic heterocycles. The van der Waals surface area contributed by atoms with Gasteiger partial charge in [-0.2, -0.15) is 0 Å². The standard InChI is InChI=1S/C21H28O6/c1-13(2)9-20(24)27-18(7-8-21(3,4)25)14-10-19(26-12-14)16-11-15(22)5-6-17(16)23/h5-6,10-13,18,22-23,25H,7-9H2,1-4H3. The lowest BCUT2D eigenvalue weighted by atomic mass is 9.97. The Morgan fingerprint density at radius 3 is 2.56 bits per heavy atom. The molecule has 0 spiro atoms. The molecule has 27 heavy (non-hydrogen) atoms. The summed E-state index contributed by atoms with van der Waals surface area (Å²) in [6.07, 6.45) is 2.07. The van der Waals surface area contributed by atoms with Crippen LogP contribution in [-0.2, 0) is 9.53 Å². The molecule has 2 rings (SSSR count). The van der Waals surface area contributed by atoms with Gasteiger partial charge in [-0.1, -0.05) is 13.8 Å². The number of benzene rings is 1. The van der Waals surface area contributed by atoms with Gasteiger partial charge >= 0.3 is 5.97 Å². The SMILES string of the molecule is CC(C)CC(=O)OC(CCC(C)(C)O)c1coc(-c2cc(O)ccc2O)c1. The van der Waals surface area contributed by atoms with E-state index in [9.17, 15) is 20.1 Å². The van der Waals surface area contributed by atoms with Crippen molar-refractivity contribution in [3.8, 4) is 22.8 Å². The molecular formula is C21H28O6. The molecule has 0 amide bonds. The topological polar surface area (TPSA) is 100 Å². The number of phenols is 2. The first-order valence-electron chi connectivity index (χ1n) is 9.08. The number of rotatable bonds is 8. The molecule has 0 aliphatic heterocycles. The van der Waals surface area contributed by atoms with Crippen molar-refractivity contribution in [3.05, 3.63) is 36.1 Å². The van der Waals surface area contributed by atoms with E-state index in [0.29, 0.717) is 36.1 Å². The molecular weight excluding hydrogens is 348 g/mol. The van der Waals surface area contributed by atoms with Crippen molar-refractivity contribution in [3.63, 3.8) is 0 Å². The Labute approximate surface area is 159 Å². The molecule has 3 N–H and O–H groups in total. The molecule has 0 aliphatic rings. The fourth-order valence-corrected chi connectivity index (χ4v) is 2.70. The fourth-order valence-electron chi connectivity index (χ4n) is 2.70. The van der Waals surface area contributed by atoms with E-state index in [1.807, 2.05) is 13.8 Å². The number of phenolic OH excluding ortho intramolecular Hbond substituents is 2. The van der Waals surface area contributed by atoms with Crippen LogP contribution in [0.15, 0.2) is 34.9 Å². The van der Waals surface area contributed by atoms with Crippen molar-refractivity contribution < 1.29 is 29.3 Å². The van der Waals surface area contributed by atoms with E-state index >= 15 is 0 Å². The van der Waals surface area contributed by atoms with Crippen molar-refractivity contribution in [1.29, 1.82) is 0 Å². The van der Waals surface area contributed by atoms with E-state index in [-0.39, 0.29) is 23.4 Å². The van der Waals surface area contributed by atoms with Gasteiger partial charge in [-0.15, -0.1) is 0 Å². The summed E-state index contributed by atoms with van der Waals surface area (Å²) in [5.41, 5.74) is 0.0868. The number of esters is 1. The van der Waals surface area contributed by atoms with E-state index in [1.165, 1.54) is 24.5 Å². The third kappa shape index (κ3) is 6.32. The van der Waals surface area contributed by atoms with E-state index in [2.05, 4.69) is 0 Å². The number of carbonyl (C=O) groups is 1. The molecule has 0 bridgehead atoms. The first kappa shape index (κ1) is 20.8. The molecule has 0 saturated carbocycles. The van der Waals surface area contributed by atoms with Gasteiger partial charge in [-0.3, -0.25) is 4.79 Å². The lowest BCUT2D eigenvalue weighted by Crippen LogP contribution is -2.21. The molecule has 0 fully saturated rings. The number of aromatic hydroxyl groups is 2. The van der Waals surface area contributed by atoms with Crippen molar-refractivity contribution in [2.45, 2.75) is 58.7 Å². The van der Waals surface area contributed by atoms with Crippen LogP contribution < -0.4 is 0 Å². The van der Waals surface area contributed by atoms with Crippen molar-refractivity contribution in [2.75, 3.05) is 0 Å². The van der Waals surface area contributed by atoms with Gasteiger partial charge in [0.1, 0.15) is 23.4 Å². The van der Waals surface area contributed by atoms with E-state index < -0.39 is 11.7 Å². The Morgan fingerprint density at radius 2 is 1.93 bits per heavy atom. The Morgan fingerprint density at radius 1 is 1.22 bits per heavy atom. The molecule has 148 valence electrons. The molecule has 6 nitrogen and oxygen atoms in total. The Balaban J connectivity index is 2.25. The fraction of sp³-hybridized carbons (Fsp3) is 0.476. The molecule has 0 aliphatic carbocycles. The maximum Gasteiger partial charge on any atom is 0.306 e. The van der Waals surface area contributed by atoms with Crippen molar-refractivity contribution >= 4 is 5.97 Å². The molecule has 1 unspecified atom stereocenters. The van der Waals surface area contributed by atoms with Crippen LogP contribution in [0.4, 0.5) is 0 Å². The monoisotopic (exact) mass is 376 g/mol. The Hall–Kier alpha value is -2.47. The first-order chi connectivity index (χ1) is 12.5. The largest absolute Gasteiger partial charge is 0.508 e. The molecule has 0 radical (unpaired) electrons. The summed E-state index contributed by atoms with van der Waals surface area (Å²) < 4.78 is 11.2. The van der Waals surface area contributed by atoms with Gasteiger partial charge in [0.15, 0.2) is 0 Å². The van der Waals surface area contributed by atoms with Crippen LogP contribution in [0.5, 0.6) is 11.5 Å². The minimum atomic E-state index is -0.890. The molecule has 0 saturated heterocycles. The molecule has 2 aromatic rings. The highest BCUT2D eigenvalue weighted by Gasteiger charge is 2.24. The molecule has 1 aromatic carbocycles. The average molecular weight is 376 g/mol. The molecule has 1 atom stereocenters. The summed E-state index contributed by atoms with van der Waals surface area (Å²) in [5, 5.41) is 29.7. The highest BCUT2D eigenvalue weighted by molar-refractivity contribution is 5.70. The second-order valence-electron chi connectivity index (χ2n) is 7.87. The van der Waals surface area contributed by atoms with E-state index in [0.717, 1.165) is 0 Å². The van der Waals surface area contributed by atoms with Crippen LogP contribution in [0.2, 0.25) is 0 Å². The summed E-state index contributed by atoms with van der Waals surface area (Å²) in [6.45, 7) is 7.28. The van der Waals surface area contributed by atoms with E-state index in [1.54, 1.807) is 19.9 Å². The van der Waals surface area contributed by atoms with Crippen LogP contribution >= 0.6 is 0 Å². The first-order valence-corrected chi connectivity index (χ1v) is 9.08. The van der Waals surface area contributed by atoms with Crippen LogP contribution in [0.3, 0.4) is 0 Å². The number of hydrogen-bond donors (Lipinski definition) is 3. The molecule has 1 heterocycles. The van der Waals surface area contributed by atoms with Crippen LogP contribution in [-0.4, -0.2) is 26.9 Å². The second-order valence-corrected chi connectivity index (χ2v) is 7.87. The van der Waals surface area contributed by atoms with Crippen molar-refractivity contribution in [2.24, 2.45) is 5.92 Å². The minimum absolute atomic E-state index is 0.00249. The number of ether oxygens (including phenoxy) is 1. The van der Waals surface area contributed by atoms with Gasteiger partial charge < -0.3 is 24.5 Å². The van der Waals surface area contributed by atoms with Gasteiger partial charge in [0.2, 0.25) is 0 Å². The highest BCUT2D eigenvalue weighted by atomic mass is 16.5. The summed E-state index contributed by atoms with van der Waals surface area (Å²) >= 11 is 0. The van der Waals surface area contributed by atoms with Gasteiger partial charge in [-0.05, 0) is 56.9 Å². The van der Waals surface area contributed by atoms with Crippen LogP contribution in [0.1, 0.15) is 58.6 Å². The maximum absolute atomic E-state index is 12.1. The van der Waals surface area contributed by atoms with Crippen LogP contribution in [0.25, 0.3) is 11.3 Å². The Kier molecular flexibility index (Phi) is 6.54. The predicted molar refractivity (Wildman–Crippen MR) is 101 cm³/mol. The smallest absolute Gasteiger partial charge is 0.306 e. The normalized spacial score (nSPS) is 13.0.